The molecule has 0 aromatic heterocycles. The predicted molar refractivity (Wildman–Crippen MR) is 193 cm³/mol. The van der Waals surface area contributed by atoms with Crippen LogP contribution < -0.4 is 4.89 Å². The predicted octanol–water partition coefficient (Wildman–Crippen LogP) is 7.20. The molecule has 9 heteroatoms. The highest BCUT2D eigenvalue weighted by atomic mass is 31.2. The number of aliphatic hydroxyl groups excluding tert-OH is 1. The van der Waals surface area contributed by atoms with Gasteiger partial charge in [-0.15, -0.1) is 0 Å². The molecule has 0 heterocycles. The summed E-state index contributed by atoms with van der Waals surface area (Å²) < 4.78 is 15.6. The number of aliphatic hydroxyl groups is 1. The molecule has 0 saturated heterocycles. The average Bonchev–Trinajstić information content (AvgIpc) is 2.95. The Labute approximate surface area is 284 Å². The first-order valence-electron chi connectivity index (χ1n) is 16.2. The van der Waals surface area contributed by atoms with Gasteiger partial charge in [-0.25, -0.2) is 4.79 Å². The number of quaternary nitrogens is 1. The number of phosphoric ester groups is 1. The quantitative estimate of drug-likeness (QED) is 0.0522. The van der Waals surface area contributed by atoms with Crippen LogP contribution in [0, 0.1) is 5.41 Å². The van der Waals surface area contributed by atoms with Crippen molar-refractivity contribution in [2.75, 3.05) is 47.5 Å². The average molecular weight is 673 g/mol. The maximum absolute atomic E-state index is 12.3. The topological polar surface area (TPSA) is 108 Å². The Morgan fingerprint density at radius 3 is 2.06 bits per heavy atom. The van der Waals surface area contributed by atoms with E-state index in [-0.39, 0.29) is 12.0 Å². The minimum absolute atomic E-state index is 0.00571. The first-order valence-corrected chi connectivity index (χ1v) is 17.7. The number of allylic oxidation sites excluding steroid dienone is 17. The zero-order valence-electron chi connectivity index (χ0n) is 30.3. The van der Waals surface area contributed by atoms with E-state index in [0.29, 0.717) is 16.6 Å². The van der Waals surface area contributed by atoms with Crippen molar-refractivity contribution >= 4 is 14.1 Å². The van der Waals surface area contributed by atoms with Gasteiger partial charge in [-0.3, -0.25) is 0 Å². The van der Waals surface area contributed by atoms with Crippen LogP contribution in [0.1, 0.15) is 67.7 Å². The van der Waals surface area contributed by atoms with E-state index in [0.717, 1.165) is 11.1 Å². The standard InChI is InChI=1S/C38H58NO7P/c1-30(18-13-19-32(3)23-24-36-33(4)22-15-25-38(36,6)7)16-11-12-17-31(2)20-14-21-34(5)37(41)44-29-35(28-40)46-47(42,43)45-27-26-39(8,9)10/h11-14,16-21,23-24,35,40H,15,22,25-29H2,1-10H3/p+1/b12-11+,18-13+,20-14+,24-23+,30-16+,31-17+,32-19+,34-21+/t35-/m0/s1. The van der Waals surface area contributed by atoms with E-state index in [4.69, 9.17) is 13.8 Å². The molecule has 0 saturated carbocycles. The first-order chi connectivity index (χ1) is 21.8. The van der Waals surface area contributed by atoms with Crippen molar-refractivity contribution in [2.24, 2.45) is 5.41 Å². The summed E-state index contributed by atoms with van der Waals surface area (Å²) in [6.45, 7) is 14.1. The zero-order valence-corrected chi connectivity index (χ0v) is 31.2. The van der Waals surface area contributed by atoms with Crippen molar-refractivity contribution in [3.63, 3.8) is 0 Å². The second-order valence-corrected chi connectivity index (χ2v) is 15.2. The molecule has 0 radical (unpaired) electrons. The number of esters is 1. The number of hydrogen-bond acceptors (Lipinski definition) is 7. The molecule has 0 spiro atoms. The molecule has 0 amide bonds. The van der Waals surface area contributed by atoms with Crippen LogP contribution in [-0.4, -0.2) is 74.1 Å². The van der Waals surface area contributed by atoms with E-state index in [1.54, 1.807) is 19.1 Å². The molecule has 0 aromatic carbocycles. The van der Waals surface area contributed by atoms with Gasteiger partial charge >= 0.3 is 14.1 Å². The fraction of sp³-hybridized carbons (Fsp3) is 0.500. The maximum Gasteiger partial charge on any atom is 0.377 e. The van der Waals surface area contributed by atoms with E-state index in [1.807, 2.05) is 58.4 Å². The number of nitrogens with zero attached hydrogens (tertiary/aromatic N) is 1. The first kappa shape index (κ1) is 42.3. The third-order valence-corrected chi connectivity index (χ3v) is 8.61. The second kappa shape index (κ2) is 20.6. The number of rotatable bonds is 18. The van der Waals surface area contributed by atoms with Crippen LogP contribution >= 0.6 is 8.17 Å². The summed E-state index contributed by atoms with van der Waals surface area (Å²) in [5, 5.41) is 9.49. The van der Waals surface area contributed by atoms with E-state index in [9.17, 15) is 19.7 Å². The van der Waals surface area contributed by atoms with Crippen LogP contribution in [0.5, 0.6) is 0 Å². The van der Waals surface area contributed by atoms with Gasteiger partial charge in [0.1, 0.15) is 19.8 Å². The molecule has 2 N–H and O–H groups in total. The van der Waals surface area contributed by atoms with Gasteiger partial charge in [0.2, 0.25) is 0 Å². The van der Waals surface area contributed by atoms with Gasteiger partial charge in [0.15, 0.2) is 6.10 Å². The number of likely N-dealkylation sites (N-methyl/N-ethyl adjacent to an activating group) is 1. The Kier molecular flexibility index (Phi) is 18.6. The molecule has 0 aliphatic heterocycles. The van der Waals surface area contributed by atoms with Crippen LogP contribution in [0.3, 0.4) is 0 Å². The van der Waals surface area contributed by atoms with Crippen LogP contribution in [0.2, 0.25) is 0 Å². The molecule has 1 aliphatic rings. The number of ether oxygens (including phenoxy) is 1. The van der Waals surface area contributed by atoms with Crippen molar-refractivity contribution in [3.8, 4) is 0 Å². The summed E-state index contributed by atoms with van der Waals surface area (Å²) in [4.78, 5) is 34.4. The molecule has 1 rings (SSSR count). The lowest BCUT2D eigenvalue weighted by Crippen LogP contribution is -2.38. The van der Waals surface area contributed by atoms with Gasteiger partial charge in [-0.1, -0.05) is 109 Å². The van der Waals surface area contributed by atoms with Gasteiger partial charge < -0.3 is 19.2 Å². The highest BCUT2D eigenvalue weighted by Crippen LogP contribution is 2.48. The lowest BCUT2D eigenvalue weighted by molar-refractivity contribution is -0.870. The third kappa shape index (κ3) is 19.0. The minimum atomic E-state index is -4.41. The molecule has 47 heavy (non-hydrogen) atoms. The maximum atomic E-state index is 12.3. The van der Waals surface area contributed by atoms with E-state index >= 15 is 0 Å². The Hall–Kier alpha value is -2.68. The Morgan fingerprint density at radius 1 is 0.957 bits per heavy atom. The highest BCUT2D eigenvalue weighted by Gasteiger charge is 2.33. The molecule has 0 bridgehead atoms. The van der Waals surface area contributed by atoms with Gasteiger partial charge in [0.05, 0.1) is 27.7 Å². The third-order valence-electron chi connectivity index (χ3n) is 7.53. The molecule has 2 atom stereocenters. The van der Waals surface area contributed by atoms with Crippen molar-refractivity contribution in [1.29, 1.82) is 0 Å². The van der Waals surface area contributed by atoms with Crippen LogP contribution in [-0.2, 0) is 18.6 Å². The van der Waals surface area contributed by atoms with Gasteiger partial charge in [0, 0.05) is 5.57 Å². The fourth-order valence-corrected chi connectivity index (χ4v) is 5.50. The van der Waals surface area contributed by atoms with Crippen LogP contribution in [0.25, 0.3) is 0 Å². The minimum Gasteiger partial charge on any atom is -0.606 e. The Balaban J connectivity index is 2.58. The summed E-state index contributed by atoms with van der Waals surface area (Å²) in [7, 11) is 1.33. The molecule has 8 nitrogen and oxygen atoms in total. The largest absolute Gasteiger partial charge is 0.606 e. The molecule has 1 aliphatic carbocycles. The second-order valence-electron chi connectivity index (χ2n) is 13.8. The fourth-order valence-electron chi connectivity index (χ4n) is 4.62. The van der Waals surface area contributed by atoms with Crippen LogP contribution in [0.15, 0.2) is 106 Å². The van der Waals surface area contributed by atoms with Crippen molar-refractivity contribution in [3.05, 3.63) is 106 Å². The summed E-state index contributed by atoms with van der Waals surface area (Å²) in [5.41, 5.74) is 6.86. The molecule has 262 valence electrons. The van der Waals surface area contributed by atoms with Gasteiger partial charge in [-0.05, 0) is 64.9 Å². The monoisotopic (exact) mass is 672 g/mol. The van der Waals surface area contributed by atoms with Crippen molar-refractivity contribution in [2.45, 2.75) is 73.8 Å². The zero-order chi connectivity index (χ0) is 35.7. The van der Waals surface area contributed by atoms with E-state index < -0.39 is 33.5 Å². The van der Waals surface area contributed by atoms with Gasteiger partial charge in [0.25, 0.3) is 0 Å². The summed E-state index contributed by atoms with van der Waals surface area (Å²) in [6.07, 6.45) is 26.4. The summed E-state index contributed by atoms with van der Waals surface area (Å²) in [5.74, 6) is -0.632. The highest BCUT2D eigenvalue weighted by molar-refractivity contribution is 7.52. The number of hydrogen-bond donors (Lipinski definition) is 2. The SMILES string of the molecule is CC1=C(/C=C/C(C)=C/C=C/C(C)=C/C=C/C=C(C)/C=C/C=C(\C)C(=O)OC[C@H](CO)O[P+]([O-])(O)OCC[N+](C)(C)C)C(C)(C)CCC1. The summed E-state index contributed by atoms with van der Waals surface area (Å²) >= 11 is 0. The lowest BCUT2D eigenvalue weighted by atomic mass is 9.72. The molecule has 0 aromatic rings. The van der Waals surface area contributed by atoms with Crippen LogP contribution in [0.4, 0.5) is 0 Å². The number of phosphoric acid groups is 1. The van der Waals surface area contributed by atoms with E-state index in [2.05, 4.69) is 65.0 Å². The molecular weight excluding hydrogens is 613 g/mol. The molecule has 0 fully saturated rings. The smallest absolute Gasteiger partial charge is 0.377 e. The Morgan fingerprint density at radius 2 is 1.51 bits per heavy atom. The lowest BCUT2D eigenvalue weighted by Gasteiger charge is -2.32. The van der Waals surface area contributed by atoms with Gasteiger partial charge in [-0.2, -0.15) is 13.9 Å². The van der Waals surface area contributed by atoms with Crippen molar-refractivity contribution in [1.82, 2.24) is 0 Å². The summed E-state index contributed by atoms with van der Waals surface area (Å²) in [6, 6.07) is 0. The van der Waals surface area contributed by atoms with Crippen molar-refractivity contribution < 1.29 is 38.0 Å². The number of carbonyl (C=O) groups is 1. The normalized spacial score (nSPS) is 19.4. The Bertz CT molecular complexity index is 1300. The van der Waals surface area contributed by atoms with E-state index in [1.165, 1.54) is 36.0 Å². The molecular formula is C38H59NO7P+. The molecule has 1 unspecified atom stereocenters. The number of carbonyl (C=O) groups excluding carboxylic acids is 1.